The van der Waals surface area contributed by atoms with Crippen LogP contribution in [0, 0.1) is 12.7 Å². The highest BCUT2D eigenvalue weighted by Gasteiger charge is 2.34. The Bertz CT molecular complexity index is 1740. The van der Waals surface area contributed by atoms with Crippen molar-refractivity contribution in [1.82, 2.24) is 19.7 Å². The first-order valence-corrected chi connectivity index (χ1v) is 15.6. The van der Waals surface area contributed by atoms with Crippen LogP contribution >= 0.6 is 11.8 Å². The number of allylic oxidation sites excluding steroid dienone is 1. The van der Waals surface area contributed by atoms with Gasteiger partial charge in [-0.05, 0) is 60.9 Å². The van der Waals surface area contributed by atoms with Crippen molar-refractivity contribution >= 4 is 35.2 Å². The molecule has 2 amide bonds. The second kappa shape index (κ2) is 13.5. The number of nitrogens with one attached hydrogen (secondary N) is 2. The molecular formula is C33H33FN6O4S. The summed E-state index contributed by atoms with van der Waals surface area (Å²) in [4.78, 5) is 32.8. The predicted molar refractivity (Wildman–Crippen MR) is 170 cm³/mol. The van der Waals surface area contributed by atoms with Crippen LogP contribution in [0.25, 0.3) is 0 Å². The third-order valence-corrected chi connectivity index (χ3v) is 8.48. The largest absolute Gasteiger partial charge is 0.484 e. The maximum absolute atomic E-state index is 14.3. The topological polar surface area (TPSA) is 111 Å². The molecule has 232 valence electrons. The highest BCUT2D eigenvalue weighted by Crippen LogP contribution is 2.37. The lowest BCUT2D eigenvalue weighted by Gasteiger charge is -2.29. The summed E-state index contributed by atoms with van der Waals surface area (Å²) in [6.45, 7) is 5.87. The van der Waals surface area contributed by atoms with Gasteiger partial charge < -0.3 is 25.0 Å². The van der Waals surface area contributed by atoms with Crippen molar-refractivity contribution in [2.45, 2.75) is 30.8 Å². The van der Waals surface area contributed by atoms with Crippen LogP contribution in [-0.4, -0.2) is 64.4 Å². The fourth-order valence-corrected chi connectivity index (χ4v) is 6.08. The van der Waals surface area contributed by atoms with E-state index >= 15 is 0 Å². The molecule has 3 heterocycles. The smallest absolute Gasteiger partial charge is 0.260 e. The molecule has 45 heavy (non-hydrogen) atoms. The molecule has 0 radical (unpaired) electrons. The minimum Gasteiger partial charge on any atom is -0.484 e. The lowest BCUT2D eigenvalue weighted by molar-refractivity contribution is -0.137. The molecule has 1 unspecified atom stereocenters. The Morgan fingerprint density at radius 2 is 1.84 bits per heavy atom. The number of morpholine rings is 1. The Hall–Kier alpha value is -4.68. The maximum Gasteiger partial charge on any atom is 0.260 e. The van der Waals surface area contributed by atoms with Crippen molar-refractivity contribution < 1.29 is 23.5 Å². The zero-order valence-electron chi connectivity index (χ0n) is 25.0. The van der Waals surface area contributed by atoms with Crippen LogP contribution in [0.1, 0.15) is 29.7 Å². The molecule has 1 atom stereocenters. The number of carbonyl (C=O) groups is 2. The summed E-state index contributed by atoms with van der Waals surface area (Å²) in [6.07, 6.45) is 0. The fraction of sp³-hybridized carbons (Fsp3) is 0.273. The fourth-order valence-electron chi connectivity index (χ4n) is 5.27. The van der Waals surface area contributed by atoms with E-state index in [-0.39, 0.29) is 24.2 Å². The molecule has 1 saturated heterocycles. The molecule has 1 aromatic heterocycles. The average molecular weight is 629 g/mol. The van der Waals surface area contributed by atoms with E-state index in [1.807, 2.05) is 50.2 Å². The molecule has 2 N–H and O–H groups in total. The summed E-state index contributed by atoms with van der Waals surface area (Å²) in [6, 6.07) is 20.9. The van der Waals surface area contributed by atoms with Gasteiger partial charge in [-0.15, -0.1) is 5.10 Å². The summed E-state index contributed by atoms with van der Waals surface area (Å²) in [5.74, 6) is 0.684. The highest BCUT2D eigenvalue weighted by atomic mass is 32.2. The van der Waals surface area contributed by atoms with Crippen LogP contribution in [0.3, 0.4) is 0 Å². The SMILES string of the molecule is CC1=C(C(=O)Nc2cccc(C)c2)C(c2ccc(OCC(=O)N3CCOCC3)cc2)n2nc(SCc3ccccc3F)nc2N1. The first-order valence-electron chi connectivity index (χ1n) is 14.6. The molecule has 3 aromatic carbocycles. The number of thioether (sulfide) groups is 1. The van der Waals surface area contributed by atoms with Crippen molar-refractivity contribution in [2.24, 2.45) is 0 Å². The number of halogens is 1. The van der Waals surface area contributed by atoms with Crippen molar-refractivity contribution in [3.63, 3.8) is 0 Å². The van der Waals surface area contributed by atoms with Gasteiger partial charge in [0.1, 0.15) is 17.6 Å². The standard InChI is InChI=1S/C33H33FN6O4S/c1-21-6-5-8-25(18-21)36-31(42)29-22(2)35-32-37-33(45-20-24-7-3-4-9-27(24)34)38-40(32)30(29)23-10-12-26(13-11-23)44-19-28(41)39-14-16-43-17-15-39/h3-13,18,30H,14-17,19-20H2,1-2H3,(H,36,42)(H,35,37,38). The number of carbonyl (C=O) groups excluding carboxylic acids is 2. The number of hydrogen-bond acceptors (Lipinski definition) is 8. The number of benzene rings is 3. The van der Waals surface area contributed by atoms with Crippen LogP contribution in [-0.2, 0) is 20.1 Å². The number of ether oxygens (including phenoxy) is 2. The van der Waals surface area contributed by atoms with Gasteiger partial charge in [-0.25, -0.2) is 9.07 Å². The van der Waals surface area contributed by atoms with E-state index in [4.69, 9.17) is 14.6 Å². The summed E-state index contributed by atoms with van der Waals surface area (Å²) in [5.41, 5.74) is 4.12. The first kappa shape index (κ1) is 30.4. The first-order chi connectivity index (χ1) is 21.9. The summed E-state index contributed by atoms with van der Waals surface area (Å²) in [7, 11) is 0. The van der Waals surface area contributed by atoms with Gasteiger partial charge in [-0.1, -0.05) is 54.2 Å². The second-order valence-electron chi connectivity index (χ2n) is 10.8. The van der Waals surface area contributed by atoms with Crippen LogP contribution < -0.4 is 15.4 Å². The molecule has 0 spiro atoms. The molecule has 0 aliphatic carbocycles. The van der Waals surface area contributed by atoms with Gasteiger partial charge in [-0.3, -0.25) is 9.59 Å². The molecule has 2 aliphatic heterocycles. The number of aromatic nitrogens is 3. The zero-order valence-corrected chi connectivity index (χ0v) is 25.8. The van der Waals surface area contributed by atoms with Crippen molar-refractivity contribution in [1.29, 1.82) is 0 Å². The van der Waals surface area contributed by atoms with Gasteiger partial charge in [0.25, 0.3) is 11.8 Å². The monoisotopic (exact) mass is 628 g/mol. The van der Waals surface area contributed by atoms with E-state index in [2.05, 4.69) is 15.6 Å². The van der Waals surface area contributed by atoms with E-state index in [0.717, 1.165) is 11.1 Å². The summed E-state index contributed by atoms with van der Waals surface area (Å²) in [5, 5.41) is 11.5. The number of hydrogen-bond donors (Lipinski definition) is 2. The number of aryl methyl sites for hydroxylation is 1. The molecule has 12 heteroatoms. The lowest BCUT2D eigenvalue weighted by atomic mass is 9.95. The predicted octanol–water partition coefficient (Wildman–Crippen LogP) is 5.18. The van der Waals surface area contributed by atoms with Crippen molar-refractivity contribution in [2.75, 3.05) is 43.5 Å². The maximum atomic E-state index is 14.3. The van der Waals surface area contributed by atoms with E-state index in [1.54, 1.807) is 39.9 Å². The van der Waals surface area contributed by atoms with E-state index in [1.165, 1.54) is 17.8 Å². The Labute approximate surface area is 264 Å². The van der Waals surface area contributed by atoms with Crippen LogP contribution in [0.15, 0.2) is 89.2 Å². The number of fused-ring (bicyclic) bond motifs is 1. The Kier molecular flexibility index (Phi) is 9.13. The van der Waals surface area contributed by atoms with Crippen molar-refractivity contribution in [3.05, 3.63) is 107 Å². The Morgan fingerprint density at radius 3 is 2.60 bits per heavy atom. The Morgan fingerprint density at radius 1 is 1.07 bits per heavy atom. The number of nitrogens with zero attached hydrogens (tertiary/aromatic N) is 4. The van der Waals surface area contributed by atoms with Crippen LogP contribution in [0.2, 0.25) is 0 Å². The van der Waals surface area contributed by atoms with Gasteiger partial charge in [0.05, 0.1) is 18.8 Å². The van der Waals surface area contributed by atoms with Crippen LogP contribution in [0.5, 0.6) is 5.75 Å². The molecule has 4 aromatic rings. The van der Waals surface area contributed by atoms with E-state index in [0.29, 0.717) is 71.4 Å². The van der Waals surface area contributed by atoms with Gasteiger partial charge in [0.15, 0.2) is 6.61 Å². The zero-order chi connectivity index (χ0) is 31.3. The van der Waals surface area contributed by atoms with E-state index in [9.17, 15) is 14.0 Å². The molecule has 10 nitrogen and oxygen atoms in total. The van der Waals surface area contributed by atoms with Crippen LogP contribution in [0.4, 0.5) is 16.0 Å². The minimum absolute atomic E-state index is 0.0777. The molecule has 0 saturated carbocycles. The van der Waals surface area contributed by atoms with Gasteiger partial charge in [0.2, 0.25) is 11.1 Å². The molecule has 0 bridgehead atoms. The van der Waals surface area contributed by atoms with E-state index < -0.39 is 6.04 Å². The van der Waals surface area contributed by atoms with Gasteiger partial charge >= 0.3 is 0 Å². The molecular weight excluding hydrogens is 595 g/mol. The normalized spacial score (nSPS) is 16.2. The number of anilines is 2. The molecule has 1 fully saturated rings. The molecule has 6 rings (SSSR count). The Balaban J connectivity index is 1.26. The quantitative estimate of drug-likeness (QED) is 0.244. The highest BCUT2D eigenvalue weighted by molar-refractivity contribution is 7.98. The van der Waals surface area contributed by atoms with Crippen molar-refractivity contribution in [3.8, 4) is 5.75 Å². The lowest BCUT2D eigenvalue weighted by Crippen LogP contribution is -2.42. The van der Waals surface area contributed by atoms with Gasteiger partial charge in [-0.2, -0.15) is 4.98 Å². The third kappa shape index (κ3) is 7.02. The minimum atomic E-state index is -0.620. The number of rotatable bonds is 9. The molecule has 2 aliphatic rings. The number of amides is 2. The van der Waals surface area contributed by atoms with Gasteiger partial charge in [0, 0.05) is 30.2 Å². The second-order valence-corrected chi connectivity index (χ2v) is 11.7. The average Bonchev–Trinajstić information content (AvgIpc) is 3.45. The summed E-state index contributed by atoms with van der Waals surface area (Å²) < 4.78 is 27.1. The summed E-state index contributed by atoms with van der Waals surface area (Å²) >= 11 is 1.31. The third-order valence-electron chi connectivity index (χ3n) is 7.59.